The minimum Gasteiger partial charge on any atom is -0.468 e. The molecular formula is C28H25N5O5S. The van der Waals surface area contributed by atoms with Crippen molar-refractivity contribution in [2.45, 2.75) is 26.7 Å². The van der Waals surface area contributed by atoms with Crippen LogP contribution in [0.15, 0.2) is 87.1 Å². The molecule has 0 saturated carbocycles. The summed E-state index contributed by atoms with van der Waals surface area (Å²) < 4.78 is 5.63. The molecule has 2 heterocycles. The number of anilines is 2. The van der Waals surface area contributed by atoms with Crippen molar-refractivity contribution >= 4 is 40.6 Å². The number of amides is 2. The zero-order valence-corrected chi connectivity index (χ0v) is 22.2. The van der Waals surface area contributed by atoms with E-state index in [1.807, 2.05) is 25.1 Å². The maximum Gasteiger partial charge on any atom is 0.269 e. The van der Waals surface area contributed by atoms with Gasteiger partial charge in [0.25, 0.3) is 11.6 Å². The average Bonchev–Trinajstić information content (AvgIpc) is 3.42. The zero-order chi connectivity index (χ0) is 28.1. The van der Waals surface area contributed by atoms with E-state index in [1.165, 1.54) is 24.5 Å². The minimum atomic E-state index is -0.779. The van der Waals surface area contributed by atoms with Gasteiger partial charge in [-0.2, -0.15) is 5.26 Å². The van der Waals surface area contributed by atoms with Gasteiger partial charge in [0.1, 0.15) is 5.76 Å². The second-order valence-electron chi connectivity index (χ2n) is 8.88. The van der Waals surface area contributed by atoms with Gasteiger partial charge in [0, 0.05) is 29.2 Å². The Labute approximate surface area is 228 Å². The number of nitro groups is 1. The van der Waals surface area contributed by atoms with E-state index in [2.05, 4.69) is 22.0 Å². The van der Waals surface area contributed by atoms with Gasteiger partial charge >= 0.3 is 0 Å². The van der Waals surface area contributed by atoms with Crippen molar-refractivity contribution in [1.29, 1.82) is 5.26 Å². The van der Waals surface area contributed by atoms with Gasteiger partial charge in [0.15, 0.2) is 0 Å². The Morgan fingerprint density at radius 2 is 1.92 bits per heavy atom. The van der Waals surface area contributed by atoms with Gasteiger partial charge in [0.2, 0.25) is 5.91 Å². The Kier molecular flexibility index (Phi) is 8.17. The molecule has 1 aliphatic heterocycles. The SMILES string of the molecule is CC1=C(C(=O)Nc2cccc(C)c2)C(c2ccco2)C(C#N)=C(SCC(=O)Nc2ccc([N+](=O)[O-])cc2C)N1. The molecular weight excluding hydrogens is 518 g/mol. The molecule has 1 aliphatic rings. The fourth-order valence-corrected chi connectivity index (χ4v) is 5.11. The number of thioether (sulfide) groups is 1. The van der Waals surface area contributed by atoms with Crippen molar-refractivity contribution in [2.75, 3.05) is 16.4 Å². The summed E-state index contributed by atoms with van der Waals surface area (Å²) in [5, 5.41) is 30.3. The largest absolute Gasteiger partial charge is 0.468 e. The van der Waals surface area contributed by atoms with Gasteiger partial charge in [-0.1, -0.05) is 23.9 Å². The Balaban J connectivity index is 1.56. The number of nitriles is 1. The molecule has 1 unspecified atom stereocenters. The van der Waals surface area contributed by atoms with E-state index in [4.69, 9.17) is 4.42 Å². The van der Waals surface area contributed by atoms with Gasteiger partial charge in [-0.05, 0) is 62.2 Å². The van der Waals surface area contributed by atoms with E-state index in [9.17, 15) is 25.0 Å². The summed E-state index contributed by atoms with van der Waals surface area (Å²) in [6.45, 7) is 5.32. The molecule has 0 fully saturated rings. The number of allylic oxidation sites excluding steroid dienone is 2. The second-order valence-corrected chi connectivity index (χ2v) is 9.87. The number of nitrogens with one attached hydrogen (secondary N) is 3. The maximum absolute atomic E-state index is 13.4. The molecule has 0 bridgehead atoms. The highest BCUT2D eigenvalue weighted by Crippen LogP contribution is 2.41. The summed E-state index contributed by atoms with van der Waals surface area (Å²) in [6.07, 6.45) is 1.48. The van der Waals surface area contributed by atoms with Gasteiger partial charge in [-0.25, -0.2) is 0 Å². The molecule has 10 nitrogen and oxygen atoms in total. The Bertz CT molecular complexity index is 1550. The highest BCUT2D eigenvalue weighted by molar-refractivity contribution is 8.03. The highest BCUT2D eigenvalue weighted by atomic mass is 32.2. The van der Waals surface area contributed by atoms with Gasteiger partial charge in [-0.3, -0.25) is 19.7 Å². The van der Waals surface area contributed by atoms with Gasteiger partial charge < -0.3 is 20.4 Å². The first-order chi connectivity index (χ1) is 18.7. The van der Waals surface area contributed by atoms with E-state index in [0.29, 0.717) is 39.0 Å². The molecule has 11 heteroatoms. The molecule has 4 rings (SSSR count). The first-order valence-corrected chi connectivity index (χ1v) is 12.9. The van der Waals surface area contributed by atoms with E-state index in [0.717, 1.165) is 17.3 Å². The second kappa shape index (κ2) is 11.7. The van der Waals surface area contributed by atoms with Crippen molar-refractivity contribution in [3.63, 3.8) is 0 Å². The lowest BCUT2D eigenvalue weighted by Gasteiger charge is -2.28. The number of carbonyl (C=O) groups is 2. The lowest BCUT2D eigenvalue weighted by molar-refractivity contribution is -0.384. The third kappa shape index (κ3) is 6.19. The number of non-ortho nitro benzene ring substituents is 1. The van der Waals surface area contributed by atoms with E-state index >= 15 is 0 Å². The molecule has 39 heavy (non-hydrogen) atoms. The quantitative estimate of drug-likeness (QED) is 0.249. The maximum atomic E-state index is 13.4. The summed E-state index contributed by atoms with van der Waals surface area (Å²) in [4.78, 5) is 36.6. The molecule has 1 aromatic heterocycles. The summed E-state index contributed by atoms with van der Waals surface area (Å²) in [5.41, 5.74) is 3.65. The monoisotopic (exact) mass is 543 g/mol. The number of nitrogens with zero attached hydrogens (tertiary/aromatic N) is 2. The van der Waals surface area contributed by atoms with Crippen LogP contribution in [-0.4, -0.2) is 22.5 Å². The molecule has 1 atom stereocenters. The van der Waals surface area contributed by atoms with E-state index in [-0.39, 0.29) is 28.8 Å². The molecule has 2 aromatic carbocycles. The zero-order valence-electron chi connectivity index (χ0n) is 21.4. The predicted molar refractivity (Wildman–Crippen MR) is 149 cm³/mol. The third-order valence-electron chi connectivity index (χ3n) is 6.04. The summed E-state index contributed by atoms with van der Waals surface area (Å²) in [7, 11) is 0. The number of rotatable bonds is 8. The molecule has 0 spiro atoms. The van der Waals surface area contributed by atoms with Crippen LogP contribution in [0.5, 0.6) is 0 Å². The summed E-state index contributed by atoms with van der Waals surface area (Å²) in [5.74, 6) is -1.14. The summed E-state index contributed by atoms with van der Waals surface area (Å²) >= 11 is 1.11. The molecule has 198 valence electrons. The number of furan rings is 1. The van der Waals surface area contributed by atoms with Crippen LogP contribution in [-0.2, 0) is 9.59 Å². The summed E-state index contributed by atoms with van der Waals surface area (Å²) in [6, 6.07) is 17.2. The first-order valence-electron chi connectivity index (χ1n) is 11.9. The van der Waals surface area contributed by atoms with Crippen LogP contribution in [0.25, 0.3) is 0 Å². The molecule has 0 saturated heterocycles. The smallest absolute Gasteiger partial charge is 0.269 e. The number of hydrogen-bond acceptors (Lipinski definition) is 8. The fourth-order valence-electron chi connectivity index (χ4n) is 4.21. The molecule has 3 aromatic rings. The predicted octanol–water partition coefficient (Wildman–Crippen LogP) is 5.51. The lowest BCUT2D eigenvalue weighted by atomic mass is 9.85. The van der Waals surface area contributed by atoms with Crippen molar-refractivity contribution in [1.82, 2.24) is 5.32 Å². The van der Waals surface area contributed by atoms with Crippen LogP contribution in [0.3, 0.4) is 0 Å². The van der Waals surface area contributed by atoms with Crippen LogP contribution in [0.1, 0.15) is 29.7 Å². The average molecular weight is 544 g/mol. The number of aryl methyl sites for hydroxylation is 2. The van der Waals surface area contributed by atoms with Crippen molar-refractivity contribution in [2.24, 2.45) is 0 Å². The van der Waals surface area contributed by atoms with E-state index in [1.54, 1.807) is 32.0 Å². The van der Waals surface area contributed by atoms with Crippen LogP contribution >= 0.6 is 11.8 Å². The van der Waals surface area contributed by atoms with Gasteiger partial charge in [0.05, 0.1) is 45.1 Å². The molecule has 3 N–H and O–H groups in total. The number of hydrogen-bond donors (Lipinski definition) is 3. The number of dihydropyridines is 1. The first kappa shape index (κ1) is 27.2. The minimum absolute atomic E-state index is 0.0487. The Morgan fingerprint density at radius 1 is 1.13 bits per heavy atom. The van der Waals surface area contributed by atoms with E-state index < -0.39 is 10.8 Å². The van der Waals surface area contributed by atoms with Crippen molar-refractivity contribution in [3.05, 3.63) is 110 Å². The number of nitro benzene ring substituents is 1. The Morgan fingerprint density at radius 3 is 2.56 bits per heavy atom. The number of carbonyl (C=O) groups excluding carboxylic acids is 2. The van der Waals surface area contributed by atoms with Crippen LogP contribution < -0.4 is 16.0 Å². The molecule has 0 aliphatic carbocycles. The van der Waals surface area contributed by atoms with Gasteiger partial charge in [-0.15, -0.1) is 0 Å². The lowest BCUT2D eigenvalue weighted by Crippen LogP contribution is -2.31. The molecule has 2 amide bonds. The van der Waals surface area contributed by atoms with Crippen molar-refractivity contribution < 1.29 is 18.9 Å². The highest BCUT2D eigenvalue weighted by Gasteiger charge is 2.36. The van der Waals surface area contributed by atoms with Crippen LogP contribution in [0, 0.1) is 35.3 Å². The van der Waals surface area contributed by atoms with Crippen molar-refractivity contribution in [3.8, 4) is 6.07 Å². The molecule has 0 radical (unpaired) electrons. The van der Waals surface area contributed by atoms with Crippen LogP contribution in [0.4, 0.5) is 17.1 Å². The fraction of sp³-hybridized carbons (Fsp3) is 0.179. The topological polar surface area (TPSA) is 150 Å². The Hall–Kier alpha value is -4.82. The number of benzene rings is 2. The standard InChI is InChI=1S/C28H25N5O5S/c1-16-6-4-7-19(12-16)31-27(35)25-18(3)30-28(21(14-29)26(25)23-8-5-11-38-23)39-15-24(34)32-22-10-9-20(33(36)37)13-17(22)2/h4-13,26,30H,15H2,1-3H3,(H,31,35)(H,32,34). The normalized spacial score (nSPS) is 14.9. The third-order valence-corrected chi connectivity index (χ3v) is 7.06. The van der Waals surface area contributed by atoms with Crippen LogP contribution in [0.2, 0.25) is 0 Å².